The van der Waals surface area contributed by atoms with Crippen molar-refractivity contribution >= 4 is 23.2 Å². The van der Waals surface area contributed by atoms with Gasteiger partial charge in [0, 0.05) is 17.4 Å². The van der Waals surface area contributed by atoms with Gasteiger partial charge in [-0.05, 0) is 35.9 Å². The summed E-state index contributed by atoms with van der Waals surface area (Å²) in [6.45, 7) is 0.488. The number of halogens is 4. The number of carbonyl (C=O) groups excluding carboxylic acids is 1. The average Bonchev–Trinajstić information content (AvgIpc) is 3.00. The van der Waals surface area contributed by atoms with E-state index in [1.165, 1.54) is 18.3 Å². The van der Waals surface area contributed by atoms with E-state index in [9.17, 15) is 18.0 Å². The Kier molecular flexibility index (Phi) is 4.99. The standard InChI is InChI=1S/C18H13ClF3N3O/c19-15-9-23-25(11-15)10-12-4-6-13(7-5-12)17(26)24-16-3-1-2-14(8-16)18(20,21)22/h1-9,11H,10H2,(H,24,26). The lowest BCUT2D eigenvalue weighted by atomic mass is 10.1. The second-order valence-electron chi connectivity index (χ2n) is 5.59. The molecular weight excluding hydrogens is 367 g/mol. The van der Waals surface area contributed by atoms with Crippen LogP contribution >= 0.6 is 11.6 Å². The van der Waals surface area contributed by atoms with Crippen molar-refractivity contribution in [3.05, 3.63) is 82.6 Å². The normalized spacial score (nSPS) is 11.4. The Morgan fingerprint density at radius 2 is 1.88 bits per heavy atom. The van der Waals surface area contributed by atoms with Crippen LogP contribution < -0.4 is 5.32 Å². The van der Waals surface area contributed by atoms with E-state index in [0.29, 0.717) is 17.1 Å². The van der Waals surface area contributed by atoms with Crippen molar-refractivity contribution in [2.45, 2.75) is 12.7 Å². The molecule has 3 aromatic rings. The molecule has 0 unspecified atom stereocenters. The summed E-state index contributed by atoms with van der Waals surface area (Å²) in [7, 11) is 0. The third-order valence-electron chi connectivity index (χ3n) is 3.61. The van der Waals surface area contributed by atoms with E-state index in [2.05, 4.69) is 10.4 Å². The fraction of sp³-hybridized carbons (Fsp3) is 0.111. The van der Waals surface area contributed by atoms with E-state index in [1.54, 1.807) is 35.1 Å². The first kappa shape index (κ1) is 18.0. The highest BCUT2D eigenvalue weighted by atomic mass is 35.5. The van der Waals surface area contributed by atoms with Crippen molar-refractivity contribution in [3.63, 3.8) is 0 Å². The molecule has 0 saturated carbocycles. The number of anilines is 1. The largest absolute Gasteiger partial charge is 0.416 e. The maximum Gasteiger partial charge on any atom is 0.416 e. The second-order valence-corrected chi connectivity index (χ2v) is 6.02. The number of carbonyl (C=O) groups is 1. The van der Waals surface area contributed by atoms with Gasteiger partial charge in [-0.3, -0.25) is 9.48 Å². The van der Waals surface area contributed by atoms with Gasteiger partial charge in [0.1, 0.15) is 0 Å². The molecule has 0 spiro atoms. The molecule has 0 radical (unpaired) electrons. The van der Waals surface area contributed by atoms with E-state index in [-0.39, 0.29) is 5.69 Å². The topological polar surface area (TPSA) is 46.9 Å². The number of nitrogens with one attached hydrogen (secondary N) is 1. The minimum atomic E-state index is -4.46. The first-order valence-corrected chi connectivity index (χ1v) is 7.94. The SMILES string of the molecule is O=C(Nc1cccc(C(F)(F)F)c1)c1ccc(Cn2cc(Cl)cn2)cc1. The summed E-state index contributed by atoms with van der Waals surface area (Å²) in [6.07, 6.45) is -1.26. The minimum absolute atomic E-state index is 0.0834. The lowest BCUT2D eigenvalue weighted by molar-refractivity contribution is -0.137. The molecule has 0 bridgehead atoms. The Morgan fingerprint density at radius 3 is 2.50 bits per heavy atom. The number of rotatable bonds is 4. The molecule has 0 aliphatic heterocycles. The van der Waals surface area contributed by atoms with Crippen LogP contribution in [0.1, 0.15) is 21.5 Å². The van der Waals surface area contributed by atoms with Gasteiger partial charge < -0.3 is 5.32 Å². The fourth-order valence-electron chi connectivity index (χ4n) is 2.35. The average molecular weight is 380 g/mol. The van der Waals surface area contributed by atoms with Gasteiger partial charge in [-0.1, -0.05) is 29.8 Å². The molecule has 4 nitrogen and oxygen atoms in total. The molecule has 1 amide bonds. The van der Waals surface area contributed by atoms with Gasteiger partial charge >= 0.3 is 6.18 Å². The van der Waals surface area contributed by atoms with Crippen LogP contribution in [0.5, 0.6) is 0 Å². The van der Waals surface area contributed by atoms with Crippen molar-refractivity contribution in [3.8, 4) is 0 Å². The Labute approximate surface area is 152 Å². The van der Waals surface area contributed by atoms with Gasteiger partial charge in [0.15, 0.2) is 0 Å². The summed E-state index contributed by atoms with van der Waals surface area (Å²) >= 11 is 5.80. The van der Waals surface area contributed by atoms with Gasteiger partial charge in [0.05, 0.1) is 23.3 Å². The van der Waals surface area contributed by atoms with Gasteiger partial charge in [-0.25, -0.2) is 0 Å². The summed E-state index contributed by atoms with van der Waals surface area (Å²) in [6, 6.07) is 11.2. The van der Waals surface area contributed by atoms with Crippen LogP contribution in [0.3, 0.4) is 0 Å². The summed E-state index contributed by atoms with van der Waals surface area (Å²) in [5.41, 5.74) is 0.508. The summed E-state index contributed by atoms with van der Waals surface area (Å²) in [4.78, 5) is 12.2. The van der Waals surface area contributed by atoms with Crippen LogP contribution in [0, 0.1) is 0 Å². The fourth-order valence-corrected chi connectivity index (χ4v) is 2.51. The smallest absolute Gasteiger partial charge is 0.322 e. The molecule has 0 aliphatic rings. The predicted octanol–water partition coefficient (Wildman–Crippen LogP) is 4.86. The molecule has 26 heavy (non-hydrogen) atoms. The zero-order valence-corrected chi connectivity index (χ0v) is 14.1. The zero-order chi connectivity index (χ0) is 18.7. The number of nitrogens with zero attached hydrogens (tertiary/aromatic N) is 2. The zero-order valence-electron chi connectivity index (χ0n) is 13.3. The van der Waals surface area contributed by atoms with Crippen molar-refractivity contribution in [2.75, 3.05) is 5.32 Å². The molecule has 1 N–H and O–H groups in total. The number of hydrogen-bond acceptors (Lipinski definition) is 2. The van der Waals surface area contributed by atoms with Gasteiger partial charge in [-0.15, -0.1) is 0 Å². The molecule has 3 rings (SSSR count). The highest BCUT2D eigenvalue weighted by molar-refractivity contribution is 6.30. The summed E-state index contributed by atoms with van der Waals surface area (Å²) in [5.74, 6) is -0.488. The van der Waals surface area contributed by atoms with E-state index in [0.717, 1.165) is 17.7 Å². The molecule has 134 valence electrons. The molecule has 0 aliphatic carbocycles. The number of aromatic nitrogens is 2. The van der Waals surface area contributed by atoms with E-state index >= 15 is 0 Å². The molecule has 1 aromatic heterocycles. The third kappa shape index (κ3) is 4.43. The van der Waals surface area contributed by atoms with Gasteiger partial charge in [0.25, 0.3) is 5.91 Å². The van der Waals surface area contributed by atoms with Crippen LogP contribution in [-0.4, -0.2) is 15.7 Å². The van der Waals surface area contributed by atoms with Gasteiger partial charge in [-0.2, -0.15) is 18.3 Å². The third-order valence-corrected chi connectivity index (χ3v) is 3.81. The first-order valence-electron chi connectivity index (χ1n) is 7.57. The van der Waals surface area contributed by atoms with Gasteiger partial charge in [0.2, 0.25) is 0 Å². The molecule has 1 heterocycles. The maximum absolute atomic E-state index is 12.7. The first-order chi connectivity index (χ1) is 12.3. The highest BCUT2D eigenvalue weighted by Gasteiger charge is 2.30. The Morgan fingerprint density at radius 1 is 1.15 bits per heavy atom. The van der Waals surface area contributed by atoms with E-state index < -0.39 is 17.6 Å². The number of alkyl halides is 3. The molecule has 8 heteroatoms. The van der Waals surface area contributed by atoms with Crippen LogP contribution in [0.4, 0.5) is 18.9 Å². The van der Waals surface area contributed by atoms with Crippen molar-refractivity contribution < 1.29 is 18.0 Å². The van der Waals surface area contributed by atoms with Crippen LogP contribution in [0.15, 0.2) is 60.9 Å². The molecule has 2 aromatic carbocycles. The molecule has 0 saturated heterocycles. The molecule has 0 fully saturated rings. The van der Waals surface area contributed by atoms with Crippen LogP contribution in [0.2, 0.25) is 5.02 Å². The van der Waals surface area contributed by atoms with E-state index in [4.69, 9.17) is 11.6 Å². The summed E-state index contributed by atoms with van der Waals surface area (Å²) < 4.78 is 39.8. The second kappa shape index (κ2) is 7.21. The number of hydrogen-bond donors (Lipinski definition) is 1. The lowest BCUT2D eigenvalue weighted by Gasteiger charge is -2.10. The van der Waals surface area contributed by atoms with Crippen LogP contribution in [-0.2, 0) is 12.7 Å². The Hall–Kier alpha value is -2.80. The Balaban J connectivity index is 1.68. The number of amides is 1. The van der Waals surface area contributed by atoms with Crippen molar-refractivity contribution in [1.82, 2.24) is 9.78 Å². The molecular formula is C18H13ClF3N3O. The predicted molar refractivity (Wildman–Crippen MR) is 92.2 cm³/mol. The van der Waals surface area contributed by atoms with Crippen LogP contribution in [0.25, 0.3) is 0 Å². The van der Waals surface area contributed by atoms with E-state index in [1.807, 2.05) is 0 Å². The number of benzene rings is 2. The monoisotopic (exact) mass is 379 g/mol. The molecule has 0 atom stereocenters. The quantitative estimate of drug-likeness (QED) is 0.704. The van der Waals surface area contributed by atoms with Crippen molar-refractivity contribution in [2.24, 2.45) is 0 Å². The van der Waals surface area contributed by atoms with Crippen molar-refractivity contribution in [1.29, 1.82) is 0 Å². The maximum atomic E-state index is 12.7. The minimum Gasteiger partial charge on any atom is -0.322 e. The highest BCUT2D eigenvalue weighted by Crippen LogP contribution is 2.30. The summed E-state index contributed by atoms with van der Waals surface area (Å²) in [5, 5.41) is 7.06. The Bertz CT molecular complexity index is 920. The lowest BCUT2D eigenvalue weighted by Crippen LogP contribution is -2.13.